The molecule has 26 heavy (non-hydrogen) atoms. The highest BCUT2D eigenvalue weighted by atomic mass is 35.5. The molecule has 0 unspecified atom stereocenters. The van der Waals surface area contributed by atoms with Crippen LogP contribution < -0.4 is 5.32 Å². The average molecular weight is 384 g/mol. The van der Waals surface area contributed by atoms with E-state index in [1.165, 1.54) is 4.90 Å². The Morgan fingerprint density at radius 3 is 2.77 bits per heavy atom. The number of benzene rings is 1. The van der Waals surface area contributed by atoms with Gasteiger partial charge in [0.1, 0.15) is 17.5 Å². The fourth-order valence-corrected chi connectivity index (χ4v) is 2.45. The first-order chi connectivity index (χ1) is 12.1. The number of halogens is 2. The maximum absolute atomic E-state index is 14.0. The zero-order valence-corrected chi connectivity index (χ0v) is 15.4. The number of nitrogens with zero attached hydrogens (tertiary/aromatic N) is 2. The molecule has 2 rings (SSSR count). The van der Waals surface area contributed by atoms with Crippen LogP contribution in [0.2, 0.25) is 5.02 Å². The predicted molar refractivity (Wildman–Crippen MR) is 92.3 cm³/mol. The minimum atomic E-state index is -0.981. The molecule has 1 atom stereocenters. The average Bonchev–Trinajstić information content (AvgIpc) is 2.56. The van der Waals surface area contributed by atoms with Gasteiger partial charge in [0.25, 0.3) is 5.91 Å². The third-order valence-electron chi connectivity index (χ3n) is 3.45. The highest BCUT2D eigenvalue weighted by Gasteiger charge is 2.32. The van der Waals surface area contributed by atoms with Crippen molar-refractivity contribution in [2.45, 2.75) is 32.5 Å². The lowest BCUT2D eigenvalue weighted by Crippen LogP contribution is -2.51. The second-order valence-corrected chi connectivity index (χ2v) is 7.11. The first-order valence-electron chi connectivity index (χ1n) is 7.90. The first kappa shape index (κ1) is 19.9. The number of carbonyl (C=O) groups is 2. The van der Waals surface area contributed by atoms with Crippen LogP contribution in [0, 0.1) is 17.1 Å². The van der Waals surface area contributed by atoms with Crippen molar-refractivity contribution in [3.63, 3.8) is 0 Å². The Morgan fingerprint density at radius 2 is 2.15 bits per heavy atom. The number of nitriles is 1. The Labute approximate surface area is 155 Å². The van der Waals surface area contributed by atoms with E-state index in [-0.39, 0.29) is 36.0 Å². The van der Waals surface area contributed by atoms with Gasteiger partial charge in [-0.2, -0.15) is 5.26 Å². The number of anilines is 1. The van der Waals surface area contributed by atoms with Crippen molar-refractivity contribution in [2.75, 3.05) is 25.0 Å². The van der Waals surface area contributed by atoms with Gasteiger partial charge in [-0.25, -0.2) is 9.18 Å². The van der Waals surface area contributed by atoms with Crippen LogP contribution >= 0.6 is 11.6 Å². The molecule has 0 radical (unpaired) electrons. The Kier molecular flexibility index (Phi) is 6.05. The van der Waals surface area contributed by atoms with E-state index in [2.05, 4.69) is 5.32 Å². The third-order valence-corrected chi connectivity index (χ3v) is 3.76. The number of ether oxygens (including phenoxy) is 2. The largest absolute Gasteiger partial charge is 0.444 e. The van der Waals surface area contributed by atoms with E-state index in [1.807, 2.05) is 0 Å². The summed E-state index contributed by atoms with van der Waals surface area (Å²) in [6, 6.07) is 3.84. The van der Waals surface area contributed by atoms with Gasteiger partial charge in [-0.15, -0.1) is 0 Å². The predicted octanol–water partition coefficient (Wildman–Crippen LogP) is 2.93. The number of morpholine rings is 1. The van der Waals surface area contributed by atoms with Crippen LogP contribution in [0.5, 0.6) is 0 Å². The number of rotatable bonds is 2. The summed E-state index contributed by atoms with van der Waals surface area (Å²) >= 11 is 5.86. The summed E-state index contributed by atoms with van der Waals surface area (Å²) in [5, 5.41) is 11.2. The van der Waals surface area contributed by atoms with Crippen molar-refractivity contribution in [1.82, 2.24) is 4.90 Å². The van der Waals surface area contributed by atoms with E-state index in [0.29, 0.717) is 0 Å². The Balaban J connectivity index is 2.05. The Morgan fingerprint density at radius 1 is 1.46 bits per heavy atom. The molecule has 1 heterocycles. The molecule has 140 valence electrons. The third kappa shape index (κ3) is 5.07. The van der Waals surface area contributed by atoms with E-state index in [9.17, 15) is 14.0 Å². The lowest BCUT2D eigenvalue weighted by Gasteiger charge is -2.33. The summed E-state index contributed by atoms with van der Waals surface area (Å²) in [5.74, 6) is -1.42. The fraction of sp³-hybridized carbons (Fsp3) is 0.471. The van der Waals surface area contributed by atoms with Crippen molar-refractivity contribution in [3.05, 3.63) is 28.5 Å². The highest BCUT2D eigenvalue weighted by Crippen LogP contribution is 2.24. The summed E-state index contributed by atoms with van der Waals surface area (Å²) in [7, 11) is 0. The van der Waals surface area contributed by atoms with E-state index >= 15 is 0 Å². The first-order valence-corrected chi connectivity index (χ1v) is 8.28. The van der Waals surface area contributed by atoms with Crippen molar-refractivity contribution < 1.29 is 23.5 Å². The van der Waals surface area contributed by atoms with Gasteiger partial charge in [0, 0.05) is 6.54 Å². The van der Waals surface area contributed by atoms with Gasteiger partial charge in [-0.05, 0) is 32.9 Å². The number of amides is 2. The molecular formula is C17H19ClFN3O4. The molecule has 1 fully saturated rings. The highest BCUT2D eigenvalue weighted by molar-refractivity contribution is 6.32. The van der Waals surface area contributed by atoms with Crippen LogP contribution in [0.3, 0.4) is 0 Å². The van der Waals surface area contributed by atoms with Crippen LogP contribution in [-0.4, -0.2) is 48.3 Å². The molecule has 1 N–H and O–H groups in total. The number of hydrogen-bond donors (Lipinski definition) is 1. The maximum Gasteiger partial charge on any atom is 0.410 e. The van der Waals surface area contributed by atoms with Gasteiger partial charge in [0.15, 0.2) is 6.10 Å². The topological polar surface area (TPSA) is 91.7 Å². The van der Waals surface area contributed by atoms with Crippen LogP contribution in [0.1, 0.15) is 26.3 Å². The molecule has 1 aromatic rings. The molecule has 1 aliphatic rings. The maximum atomic E-state index is 14.0. The summed E-state index contributed by atoms with van der Waals surface area (Å²) in [4.78, 5) is 25.8. The van der Waals surface area contributed by atoms with Gasteiger partial charge in [-0.3, -0.25) is 4.79 Å². The van der Waals surface area contributed by atoms with Crippen LogP contribution in [0.4, 0.5) is 14.9 Å². The van der Waals surface area contributed by atoms with Crippen molar-refractivity contribution in [2.24, 2.45) is 0 Å². The van der Waals surface area contributed by atoms with E-state index in [0.717, 1.165) is 12.1 Å². The molecule has 7 nitrogen and oxygen atoms in total. The molecule has 0 bridgehead atoms. The molecule has 0 aromatic heterocycles. The zero-order valence-electron chi connectivity index (χ0n) is 14.6. The summed E-state index contributed by atoms with van der Waals surface area (Å²) in [6.45, 7) is 5.64. The normalized spacial score (nSPS) is 17.4. The standard InChI is InChI=1S/C17H19ClFN3O4/c1-17(2,3)26-16(24)22-4-5-25-14(9-22)15(23)21-13-7-11(18)10(8-20)6-12(13)19/h6-7,14H,4-5,9H2,1-3H3,(H,21,23)/t14-/m1/s1. The fourth-order valence-electron chi connectivity index (χ4n) is 2.24. The molecule has 0 saturated carbocycles. The minimum absolute atomic E-state index is 0.0177. The number of hydrogen-bond acceptors (Lipinski definition) is 5. The Bertz CT molecular complexity index is 758. The van der Waals surface area contributed by atoms with Crippen LogP contribution in [0.15, 0.2) is 12.1 Å². The lowest BCUT2D eigenvalue weighted by molar-refractivity contribution is -0.132. The van der Waals surface area contributed by atoms with E-state index in [4.69, 9.17) is 26.3 Å². The monoisotopic (exact) mass is 383 g/mol. The molecule has 0 spiro atoms. The molecule has 9 heteroatoms. The molecule has 1 aromatic carbocycles. The van der Waals surface area contributed by atoms with E-state index in [1.54, 1.807) is 26.8 Å². The van der Waals surface area contributed by atoms with Gasteiger partial charge in [-0.1, -0.05) is 11.6 Å². The Hall–Kier alpha value is -2.37. The van der Waals surface area contributed by atoms with Crippen molar-refractivity contribution in [3.8, 4) is 6.07 Å². The van der Waals surface area contributed by atoms with Crippen LogP contribution in [-0.2, 0) is 14.3 Å². The quantitative estimate of drug-likeness (QED) is 0.847. The van der Waals surface area contributed by atoms with Gasteiger partial charge in [0.05, 0.1) is 29.4 Å². The van der Waals surface area contributed by atoms with Gasteiger partial charge < -0.3 is 19.7 Å². The molecule has 1 aliphatic heterocycles. The summed E-state index contributed by atoms with van der Waals surface area (Å²) in [6.07, 6.45) is -1.53. The molecule has 1 saturated heterocycles. The second-order valence-electron chi connectivity index (χ2n) is 6.70. The molecule has 0 aliphatic carbocycles. The summed E-state index contributed by atoms with van der Waals surface area (Å²) < 4.78 is 24.6. The number of nitrogens with one attached hydrogen (secondary N) is 1. The van der Waals surface area contributed by atoms with Gasteiger partial charge >= 0.3 is 6.09 Å². The lowest BCUT2D eigenvalue weighted by atomic mass is 10.2. The zero-order chi connectivity index (χ0) is 19.5. The second kappa shape index (κ2) is 7.89. The number of carbonyl (C=O) groups excluding carboxylic acids is 2. The van der Waals surface area contributed by atoms with Crippen molar-refractivity contribution in [1.29, 1.82) is 5.26 Å². The smallest absolute Gasteiger partial charge is 0.410 e. The van der Waals surface area contributed by atoms with Crippen LogP contribution in [0.25, 0.3) is 0 Å². The minimum Gasteiger partial charge on any atom is -0.444 e. The van der Waals surface area contributed by atoms with E-state index < -0.39 is 29.5 Å². The van der Waals surface area contributed by atoms with Crippen molar-refractivity contribution >= 4 is 29.3 Å². The van der Waals surface area contributed by atoms with Gasteiger partial charge in [0.2, 0.25) is 0 Å². The molecule has 2 amide bonds. The summed E-state index contributed by atoms with van der Waals surface area (Å²) in [5.41, 5.74) is -0.862. The SMILES string of the molecule is CC(C)(C)OC(=O)N1CCO[C@@H](C(=O)Nc2cc(Cl)c(C#N)cc2F)C1. The molecular weight excluding hydrogens is 365 g/mol.